The van der Waals surface area contributed by atoms with E-state index in [4.69, 9.17) is 9.47 Å². The molecule has 110 valence electrons. The lowest BCUT2D eigenvalue weighted by Crippen LogP contribution is -2.68. The van der Waals surface area contributed by atoms with Crippen LogP contribution in [0.25, 0.3) is 0 Å². The first-order valence-corrected chi connectivity index (χ1v) is 6.07. The zero-order chi connectivity index (χ0) is 15.0. The number of urea groups is 2. The first-order valence-electron chi connectivity index (χ1n) is 6.07. The van der Waals surface area contributed by atoms with E-state index in [1.807, 2.05) is 0 Å². The van der Waals surface area contributed by atoms with Gasteiger partial charge in [0.15, 0.2) is 0 Å². The second kappa shape index (κ2) is 4.80. The van der Waals surface area contributed by atoms with Crippen molar-refractivity contribution in [3.05, 3.63) is 25.3 Å². The van der Waals surface area contributed by atoms with Crippen LogP contribution in [-0.4, -0.2) is 60.9 Å². The molecule has 2 saturated heterocycles. The van der Waals surface area contributed by atoms with Gasteiger partial charge < -0.3 is 9.47 Å². The molecule has 2 N–H and O–H groups in total. The van der Waals surface area contributed by atoms with Gasteiger partial charge in [0.1, 0.15) is 0 Å². The van der Waals surface area contributed by atoms with Crippen molar-refractivity contribution in [2.45, 2.75) is 11.7 Å². The molecule has 2 aliphatic rings. The van der Waals surface area contributed by atoms with E-state index in [0.717, 1.165) is 0 Å². The minimum absolute atomic E-state index is 0.126. The highest BCUT2D eigenvalue weighted by atomic mass is 16.6. The normalized spacial score (nSPS) is 31.9. The van der Waals surface area contributed by atoms with Crippen LogP contribution >= 0.6 is 0 Å². The van der Waals surface area contributed by atoms with Crippen LogP contribution in [-0.2, 0) is 9.47 Å². The number of ether oxygens (including phenoxy) is 2. The van der Waals surface area contributed by atoms with Gasteiger partial charge in [-0.15, -0.1) is 13.2 Å². The molecule has 2 fully saturated rings. The Kier molecular flexibility index (Phi) is 3.45. The van der Waals surface area contributed by atoms with Crippen molar-refractivity contribution in [2.75, 3.05) is 27.3 Å². The molecule has 2 aliphatic heterocycles. The molecule has 8 heteroatoms. The Labute approximate surface area is 117 Å². The van der Waals surface area contributed by atoms with Crippen LogP contribution in [0.1, 0.15) is 0 Å². The molecular formula is C12H18N4O4. The second-order valence-electron chi connectivity index (χ2n) is 4.47. The highest BCUT2D eigenvalue weighted by Gasteiger charge is 2.74. The summed E-state index contributed by atoms with van der Waals surface area (Å²) < 4.78 is 11.4. The summed E-state index contributed by atoms with van der Waals surface area (Å²) in [6, 6.07) is -0.852. The van der Waals surface area contributed by atoms with Crippen LogP contribution in [0.3, 0.4) is 0 Å². The summed E-state index contributed by atoms with van der Waals surface area (Å²) in [5, 5.41) is 5.22. The van der Waals surface area contributed by atoms with E-state index < -0.39 is 23.8 Å². The maximum absolute atomic E-state index is 12.0. The molecule has 0 aromatic heterocycles. The largest absolute Gasteiger partial charge is 0.328 e. The monoisotopic (exact) mass is 282 g/mol. The molecule has 8 nitrogen and oxygen atoms in total. The number of hydrogen-bond donors (Lipinski definition) is 2. The number of likely N-dealkylation sites (N-methyl/N-ethyl adjacent to an activating group) is 2. The standard InChI is InChI=1S/C12H18N4O4/c1-5-7-19-11-12(20-8-6-2,15(3)9(17)13-11)16(4)10(18)14-11/h5-6H,1-2,7-8H2,3-4H3,(H,13,17)(H,14,18). The zero-order valence-corrected chi connectivity index (χ0v) is 11.5. The summed E-state index contributed by atoms with van der Waals surface area (Å²) >= 11 is 0. The molecule has 0 aliphatic carbocycles. The predicted octanol–water partition coefficient (Wildman–Crippen LogP) is 0.00920. The number of fused-ring (bicyclic) bond motifs is 1. The molecule has 0 aromatic rings. The summed E-state index contributed by atoms with van der Waals surface area (Å²) in [7, 11) is 3.04. The van der Waals surface area contributed by atoms with Gasteiger partial charge >= 0.3 is 17.9 Å². The van der Waals surface area contributed by atoms with Crippen molar-refractivity contribution in [2.24, 2.45) is 0 Å². The van der Waals surface area contributed by atoms with Crippen molar-refractivity contribution >= 4 is 12.1 Å². The Morgan fingerprint density at radius 3 is 1.95 bits per heavy atom. The molecule has 0 bridgehead atoms. The van der Waals surface area contributed by atoms with Crippen LogP contribution < -0.4 is 10.6 Å². The minimum Gasteiger partial charge on any atom is -0.328 e. The van der Waals surface area contributed by atoms with Crippen molar-refractivity contribution in [1.82, 2.24) is 20.4 Å². The molecule has 0 atom stereocenters. The van der Waals surface area contributed by atoms with Gasteiger partial charge in [0.05, 0.1) is 13.2 Å². The van der Waals surface area contributed by atoms with Gasteiger partial charge in [-0.25, -0.2) is 9.59 Å². The number of carbonyl (C=O) groups excluding carboxylic acids is 2. The summed E-state index contributed by atoms with van der Waals surface area (Å²) in [6.07, 6.45) is 3.04. The van der Waals surface area contributed by atoms with Crippen molar-refractivity contribution < 1.29 is 19.1 Å². The molecule has 2 heterocycles. The minimum atomic E-state index is -1.50. The summed E-state index contributed by atoms with van der Waals surface area (Å²) in [4.78, 5) is 26.6. The Morgan fingerprint density at radius 2 is 1.50 bits per heavy atom. The van der Waals surface area contributed by atoms with Gasteiger partial charge in [-0.2, -0.15) is 0 Å². The zero-order valence-electron chi connectivity index (χ0n) is 11.5. The predicted molar refractivity (Wildman–Crippen MR) is 70.3 cm³/mol. The van der Waals surface area contributed by atoms with Gasteiger partial charge in [-0.3, -0.25) is 20.4 Å². The Balaban J connectivity index is 2.48. The quantitative estimate of drug-likeness (QED) is 0.672. The average Bonchev–Trinajstić information content (AvgIpc) is 2.75. The number of nitrogens with zero attached hydrogens (tertiary/aromatic N) is 2. The highest BCUT2D eigenvalue weighted by molar-refractivity contribution is 5.86. The maximum atomic E-state index is 12.0. The molecule has 0 saturated carbocycles. The molecule has 0 unspecified atom stereocenters. The Bertz CT molecular complexity index is 440. The Morgan fingerprint density at radius 1 is 1.05 bits per heavy atom. The maximum Gasteiger partial charge on any atom is 0.324 e. The van der Waals surface area contributed by atoms with E-state index in [9.17, 15) is 9.59 Å². The molecule has 0 aromatic carbocycles. The van der Waals surface area contributed by atoms with E-state index in [0.29, 0.717) is 0 Å². The first kappa shape index (κ1) is 14.4. The number of hydrogen-bond acceptors (Lipinski definition) is 4. The van der Waals surface area contributed by atoms with Gasteiger partial charge in [-0.05, 0) is 0 Å². The van der Waals surface area contributed by atoms with E-state index in [-0.39, 0.29) is 13.2 Å². The topological polar surface area (TPSA) is 83.1 Å². The number of nitrogens with one attached hydrogen (secondary N) is 2. The fraction of sp³-hybridized carbons (Fsp3) is 0.500. The lowest BCUT2D eigenvalue weighted by Gasteiger charge is -2.41. The number of amides is 4. The smallest absolute Gasteiger partial charge is 0.324 e. The van der Waals surface area contributed by atoms with Gasteiger partial charge in [-0.1, -0.05) is 12.2 Å². The van der Waals surface area contributed by atoms with Crippen molar-refractivity contribution in [3.8, 4) is 0 Å². The number of carbonyl (C=O) groups is 2. The van der Waals surface area contributed by atoms with Crippen molar-refractivity contribution in [1.29, 1.82) is 0 Å². The van der Waals surface area contributed by atoms with Crippen molar-refractivity contribution in [3.63, 3.8) is 0 Å². The summed E-state index contributed by atoms with van der Waals surface area (Å²) in [6.45, 7) is 7.40. The fourth-order valence-corrected chi connectivity index (χ4v) is 2.46. The number of rotatable bonds is 6. The lowest BCUT2D eigenvalue weighted by atomic mass is 10.2. The molecule has 20 heavy (non-hydrogen) atoms. The summed E-state index contributed by atoms with van der Waals surface area (Å²) in [5.41, 5.74) is 0. The highest BCUT2D eigenvalue weighted by Crippen LogP contribution is 2.41. The lowest BCUT2D eigenvalue weighted by molar-refractivity contribution is -0.272. The average molecular weight is 282 g/mol. The SMILES string of the molecule is C=CCOC12NC(=O)N(C)C1(OCC=C)N(C)C(=O)N2. The van der Waals surface area contributed by atoms with Gasteiger partial charge in [0, 0.05) is 14.1 Å². The van der Waals surface area contributed by atoms with E-state index in [2.05, 4.69) is 23.8 Å². The second-order valence-corrected chi connectivity index (χ2v) is 4.47. The van der Waals surface area contributed by atoms with Crippen LogP contribution in [0, 0.1) is 0 Å². The molecule has 0 spiro atoms. The van der Waals surface area contributed by atoms with Crippen LogP contribution in [0.2, 0.25) is 0 Å². The van der Waals surface area contributed by atoms with E-state index in [1.54, 1.807) is 0 Å². The van der Waals surface area contributed by atoms with Crippen LogP contribution in [0.5, 0.6) is 0 Å². The van der Waals surface area contributed by atoms with Gasteiger partial charge in [0.25, 0.3) is 5.85 Å². The van der Waals surface area contributed by atoms with Crippen LogP contribution in [0.4, 0.5) is 9.59 Å². The molecule has 2 rings (SSSR count). The molecule has 0 radical (unpaired) electrons. The molecular weight excluding hydrogens is 264 g/mol. The summed E-state index contributed by atoms with van der Waals surface area (Å²) in [5.74, 6) is -2.93. The van der Waals surface area contributed by atoms with Gasteiger partial charge in [0.2, 0.25) is 0 Å². The third-order valence-corrected chi connectivity index (χ3v) is 3.36. The van der Waals surface area contributed by atoms with Crippen LogP contribution in [0.15, 0.2) is 25.3 Å². The first-order chi connectivity index (χ1) is 9.45. The molecule has 4 amide bonds. The Hall–Kier alpha value is -2.06. The third kappa shape index (κ3) is 1.61. The van der Waals surface area contributed by atoms with E-state index >= 15 is 0 Å². The fourth-order valence-electron chi connectivity index (χ4n) is 2.46. The third-order valence-electron chi connectivity index (χ3n) is 3.36. The van der Waals surface area contributed by atoms with E-state index in [1.165, 1.54) is 36.0 Å².